The number of rotatable bonds is 5. The molecule has 0 spiro atoms. The summed E-state index contributed by atoms with van der Waals surface area (Å²) in [7, 11) is 0. The molecule has 0 heterocycles. The Bertz CT molecular complexity index is 301. The summed E-state index contributed by atoms with van der Waals surface area (Å²) in [5.41, 5.74) is -0.345. The Hall–Kier alpha value is -1.83. The highest BCUT2D eigenvalue weighted by molar-refractivity contribution is 5.99. The summed E-state index contributed by atoms with van der Waals surface area (Å²) in [4.78, 5) is 22.1. The molecule has 0 fully saturated rings. The number of nitrogens with zero attached hydrogens (tertiary/aromatic N) is 1. The molecule has 0 radical (unpaired) electrons. The van der Waals surface area contributed by atoms with E-state index in [4.69, 9.17) is 5.26 Å². The molecule has 82 valence electrons. The summed E-state index contributed by atoms with van der Waals surface area (Å²) in [6.07, 6.45) is 1.49. The van der Waals surface area contributed by atoms with Crippen molar-refractivity contribution in [3.8, 4) is 6.07 Å². The molecule has 0 aromatic carbocycles. The SMILES string of the molecule is CCCOC(=O)C(C#N)=CC(=O)OCC. The van der Waals surface area contributed by atoms with Crippen LogP contribution in [0, 0.1) is 11.3 Å². The van der Waals surface area contributed by atoms with Gasteiger partial charge in [-0.25, -0.2) is 9.59 Å². The molecule has 15 heavy (non-hydrogen) atoms. The van der Waals surface area contributed by atoms with E-state index in [-0.39, 0.29) is 18.8 Å². The second-order valence-corrected chi connectivity index (χ2v) is 2.56. The first-order chi connectivity index (χ1) is 7.15. The molecule has 0 N–H and O–H groups in total. The van der Waals surface area contributed by atoms with Gasteiger partial charge in [-0.05, 0) is 13.3 Å². The van der Waals surface area contributed by atoms with Crippen LogP contribution in [0.2, 0.25) is 0 Å². The zero-order chi connectivity index (χ0) is 11.7. The lowest BCUT2D eigenvalue weighted by atomic mass is 10.3. The average Bonchev–Trinajstić information content (AvgIpc) is 2.22. The van der Waals surface area contributed by atoms with Crippen LogP contribution in [0.3, 0.4) is 0 Å². The maximum Gasteiger partial charge on any atom is 0.349 e. The number of ether oxygens (including phenoxy) is 2. The van der Waals surface area contributed by atoms with Gasteiger partial charge in [-0.15, -0.1) is 0 Å². The van der Waals surface area contributed by atoms with Crippen LogP contribution in [-0.4, -0.2) is 25.2 Å². The van der Waals surface area contributed by atoms with Gasteiger partial charge in [-0.1, -0.05) is 6.92 Å². The Kier molecular flexibility index (Phi) is 6.64. The van der Waals surface area contributed by atoms with Crippen LogP contribution in [0.25, 0.3) is 0 Å². The Morgan fingerprint density at radius 1 is 1.33 bits per heavy atom. The molecule has 0 aromatic heterocycles. The van der Waals surface area contributed by atoms with Gasteiger partial charge < -0.3 is 9.47 Å². The van der Waals surface area contributed by atoms with E-state index < -0.39 is 11.9 Å². The fraction of sp³-hybridized carbons (Fsp3) is 0.500. The third-order valence-corrected chi connectivity index (χ3v) is 1.33. The van der Waals surface area contributed by atoms with E-state index in [0.717, 1.165) is 6.08 Å². The number of esters is 2. The molecule has 0 aliphatic heterocycles. The summed E-state index contributed by atoms with van der Waals surface area (Å²) in [6.45, 7) is 3.88. The molecule has 0 unspecified atom stereocenters. The zero-order valence-corrected chi connectivity index (χ0v) is 8.78. The summed E-state index contributed by atoms with van der Waals surface area (Å²) >= 11 is 0. The van der Waals surface area contributed by atoms with E-state index in [1.54, 1.807) is 13.0 Å². The van der Waals surface area contributed by atoms with Crippen LogP contribution in [0.5, 0.6) is 0 Å². The Labute approximate surface area is 88.3 Å². The van der Waals surface area contributed by atoms with Gasteiger partial charge in [0, 0.05) is 6.08 Å². The fourth-order valence-corrected chi connectivity index (χ4v) is 0.711. The molecule has 0 amide bonds. The van der Waals surface area contributed by atoms with Crippen molar-refractivity contribution in [2.45, 2.75) is 20.3 Å². The van der Waals surface area contributed by atoms with E-state index in [9.17, 15) is 9.59 Å². The monoisotopic (exact) mass is 211 g/mol. The smallest absolute Gasteiger partial charge is 0.349 e. The summed E-state index contributed by atoms with van der Waals surface area (Å²) < 4.78 is 9.24. The van der Waals surface area contributed by atoms with E-state index >= 15 is 0 Å². The van der Waals surface area contributed by atoms with Crippen molar-refractivity contribution < 1.29 is 19.1 Å². The molecule has 5 heteroatoms. The minimum Gasteiger partial charge on any atom is -0.463 e. The van der Waals surface area contributed by atoms with Crippen LogP contribution in [0.4, 0.5) is 0 Å². The lowest BCUT2D eigenvalue weighted by molar-refractivity contribution is -0.140. The van der Waals surface area contributed by atoms with Crippen LogP contribution in [0.1, 0.15) is 20.3 Å². The molecule has 0 aliphatic rings. The first kappa shape index (κ1) is 13.2. The summed E-state index contributed by atoms with van der Waals surface area (Å²) in [6, 6.07) is 1.59. The second-order valence-electron chi connectivity index (χ2n) is 2.56. The van der Waals surface area contributed by atoms with Crippen molar-refractivity contribution in [3.05, 3.63) is 11.6 Å². The molecule has 0 rings (SSSR count). The van der Waals surface area contributed by atoms with Gasteiger partial charge in [-0.2, -0.15) is 5.26 Å². The average molecular weight is 211 g/mol. The van der Waals surface area contributed by atoms with Crippen LogP contribution in [-0.2, 0) is 19.1 Å². The number of carbonyl (C=O) groups is 2. The van der Waals surface area contributed by atoms with Crippen molar-refractivity contribution in [3.63, 3.8) is 0 Å². The Balaban J connectivity index is 4.42. The van der Waals surface area contributed by atoms with E-state index in [0.29, 0.717) is 6.42 Å². The Morgan fingerprint density at radius 3 is 2.47 bits per heavy atom. The number of hydrogen-bond donors (Lipinski definition) is 0. The van der Waals surface area contributed by atoms with Crippen molar-refractivity contribution >= 4 is 11.9 Å². The topological polar surface area (TPSA) is 76.4 Å². The number of hydrogen-bond acceptors (Lipinski definition) is 5. The highest BCUT2D eigenvalue weighted by Crippen LogP contribution is 1.98. The summed E-state index contributed by atoms with van der Waals surface area (Å²) in [5, 5.41) is 8.59. The van der Waals surface area contributed by atoms with Gasteiger partial charge in [0.1, 0.15) is 11.6 Å². The molecule has 0 aliphatic carbocycles. The van der Waals surface area contributed by atoms with Crippen LogP contribution < -0.4 is 0 Å². The minimum absolute atomic E-state index is 0.193. The van der Waals surface area contributed by atoms with Crippen molar-refractivity contribution in [1.29, 1.82) is 5.26 Å². The number of nitriles is 1. The van der Waals surface area contributed by atoms with Gasteiger partial charge >= 0.3 is 11.9 Å². The molecular formula is C10H13NO4. The van der Waals surface area contributed by atoms with Crippen LogP contribution >= 0.6 is 0 Å². The Morgan fingerprint density at radius 2 is 2.00 bits per heavy atom. The quantitative estimate of drug-likeness (QED) is 0.384. The predicted octanol–water partition coefficient (Wildman–Crippen LogP) is 0.953. The standard InChI is InChI=1S/C10H13NO4/c1-3-5-15-10(13)8(7-11)6-9(12)14-4-2/h6H,3-5H2,1-2H3. The molecular weight excluding hydrogens is 198 g/mol. The lowest BCUT2D eigenvalue weighted by Gasteiger charge is -2.00. The normalized spacial score (nSPS) is 10.3. The third-order valence-electron chi connectivity index (χ3n) is 1.33. The predicted molar refractivity (Wildman–Crippen MR) is 51.6 cm³/mol. The molecule has 0 bridgehead atoms. The molecule has 0 atom stereocenters. The molecule has 5 nitrogen and oxygen atoms in total. The van der Waals surface area contributed by atoms with Crippen LogP contribution in [0.15, 0.2) is 11.6 Å². The largest absolute Gasteiger partial charge is 0.463 e. The van der Waals surface area contributed by atoms with Gasteiger partial charge in [0.2, 0.25) is 0 Å². The van der Waals surface area contributed by atoms with Gasteiger partial charge in [0.05, 0.1) is 13.2 Å². The second kappa shape index (κ2) is 7.56. The first-order valence-corrected chi connectivity index (χ1v) is 4.61. The van der Waals surface area contributed by atoms with E-state index in [1.165, 1.54) is 0 Å². The van der Waals surface area contributed by atoms with E-state index in [1.807, 2.05) is 6.92 Å². The molecule has 0 saturated heterocycles. The van der Waals surface area contributed by atoms with E-state index in [2.05, 4.69) is 9.47 Å². The third kappa shape index (κ3) is 5.47. The first-order valence-electron chi connectivity index (χ1n) is 4.61. The zero-order valence-electron chi connectivity index (χ0n) is 8.78. The van der Waals surface area contributed by atoms with Crippen molar-refractivity contribution in [1.82, 2.24) is 0 Å². The maximum atomic E-state index is 11.2. The highest BCUT2D eigenvalue weighted by Gasteiger charge is 2.12. The summed E-state index contributed by atoms with van der Waals surface area (Å²) in [5.74, 6) is -1.52. The number of carbonyl (C=O) groups excluding carboxylic acids is 2. The maximum absolute atomic E-state index is 11.2. The lowest BCUT2D eigenvalue weighted by Crippen LogP contribution is -2.10. The van der Waals surface area contributed by atoms with Gasteiger partial charge in [0.25, 0.3) is 0 Å². The van der Waals surface area contributed by atoms with Gasteiger partial charge in [0.15, 0.2) is 0 Å². The molecule has 0 aromatic rings. The van der Waals surface area contributed by atoms with Crippen molar-refractivity contribution in [2.24, 2.45) is 0 Å². The van der Waals surface area contributed by atoms with Gasteiger partial charge in [-0.3, -0.25) is 0 Å². The minimum atomic E-state index is -0.799. The fourth-order valence-electron chi connectivity index (χ4n) is 0.711. The van der Waals surface area contributed by atoms with Crippen molar-refractivity contribution in [2.75, 3.05) is 13.2 Å². The highest BCUT2D eigenvalue weighted by atomic mass is 16.5. The molecule has 0 saturated carbocycles.